The maximum absolute atomic E-state index is 5.96. The monoisotopic (exact) mass is 300 g/mol. The number of nitrogens with two attached hydrogens (primary N) is 1. The third-order valence-corrected chi connectivity index (χ3v) is 3.65. The van der Waals surface area contributed by atoms with E-state index in [-0.39, 0.29) is 0 Å². The topological polar surface area (TPSA) is 71.5 Å². The first-order valence-corrected chi connectivity index (χ1v) is 7.20. The van der Waals surface area contributed by atoms with Crippen molar-refractivity contribution in [3.05, 3.63) is 41.2 Å². The van der Waals surface area contributed by atoms with Gasteiger partial charge in [-0.15, -0.1) is 0 Å². The number of nitrogens with zero attached hydrogens (tertiary/aromatic N) is 4. The highest BCUT2D eigenvalue weighted by Gasteiger charge is 2.07. The first-order chi connectivity index (χ1) is 10.4. The van der Waals surface area contributed by atoms with Gasteiger partial charge in [0.05, 0.1) is 18.4 Å². The zero-order valence-electron chi connectivity index (χ0n) is 13.9. The summed E-state index contributed by atoms with van der Waals surface area (Å²) in [5.74, 6) is 1.29. The molecule has 6 nitrogen and oxygen atoms in total. The summed E-state index contributed by atoms with van der Waals surface area (Å²) >= 11 is 0. The van der Waals surface area contributed by atoms with E-state index in [0.717, 1.165) is 17.3 Å². The fourth-order valence-corrected chi connectivity index (χ4v) is 2.17. The number of benzene rings is 1. The molecule has 118 valence electrons. The Morgan fingerprint density at radius 1 is 1.32 bits per heavy atom. The molecule has 1 aromatic heterocycles. The lowest BCUT2D eigenvalue weighted by atomic mass is 10.1. The van der Waals surface area contributed by atoms with E-state index in [4.69, 9.17) is 5.73 Å². The fourth-order valence-electron chi connectivity index (χ4n) is 2.17. The molecule has 0 aliphatic heterocycles. The molecular formula is C16H24N6. The van der Waals surface area contributed by atoms with Gasteiger partial charge in [0.1, 0.15) is 0 Å². The van der Waals surface area contributed by atoms with E-state index in [1.165, 1.54) is 11.1 Å². The number of hydrogen-bond donors (Lipinski definition) is 2. The fraction of sp³-hybridized carbons (Fsp3) is 0.375. The van der Waals surface area contributed by atoms with Gasteiger partial charge in [-0.05, 0) is 37.1 Å². The Hall–Kier alpha value is -2.50. The number of aromatic nitrogens is 2. The molecule has 0 amide bonds. The van der Waals surface area contributed by atoms with Crippen LogP contribution in [0.15, 0.2) is 29.4 Å². The molecule has 0 bridgehead atoms. The summed E-state index contributed by atoms with van der Waals surface area (Å²) in [6, 6.07) is 6.13. The van der Waals surface area contributed by atoms with Crippen LogP contribution in [0.1, 0.15) is 16.8 Å². The molecule has 0 aliphatic carbocycles. The Morgan fingerprint density at radius 2 is 2.05 bits per heavy atom. The summed E-state index contributed by atoms with van der Waals surface area (Å²) in [5, 5.41) is 3.12. The number of imidazole rings is 1. The maximum Gasteiger partial charge on any atom is 0.204 e. The van der Waals surface area contributed by atoms with Crippen molar-refractivity contribution < 1.29 is 0 Å². The molecule has 0 saturated carbocycles. The number of nitrogens with one attached hydrogen (secondary N) is 1. The second-order valence-corrected chi connectivity index (χ2v) is 5.63. The van der Waals surface area contributed by atoms with Gasteiger partial charge in [0.2, 0.25) is 5.95 Å². The molecular weight excluding hydrogens is 276 g/mol. The van der Waals surface area contributed by atoms with Gasteiger partial charge >= 0.3 is 0 Å². The van der Waals surface area contributed by atoms with Gasteiger partial charge in [0.25, 0.3) is 0 Å². The maximum atomic E-state index is 5.96. The molecule has 6 heteroatoms. The van der Waals surface area contributed by atoms with Crippen molar-refractivity contribution in [2.75, 3.05) is 24.3 Å². The molecule has 2 rings (SSSR count). The van der Waals surface area contributed by atoms with Gasteiger partial charge < -0.3 is 20.5 Å². The molecule has 3 N–H and O–H groups in total. The van der Waals surface area contributed by atoms with Gasteiger partial charge in [0, 0.05) is 26.8 Å². The van der Waals surface area contributed by atoms with Crippen LogP contribution in [-0.4, -0.2) is 29.6 Å². The summed E-state index contributed by atoms with van der Waals surface area (Å²) in [4.78, 5) is 10.7. The highest BCUT2D eigenvalue weighted by atomic mass is 15.3. The Balaban J connectivity index is 2.05. The van der Waals surface area contributed by atoms with Crippen LogP contribution in [0.5, 0.6) is 0 Å². The SMILES string of the molecule is Cc1ccc(NC(N)=NCc2cnc(N(C)C)n2C)cc1C. The van der Waals surface area contributed by atoms with E-state index >= 15 is 0 Å². The van der Waals surface area contributed by atoms with Gasteiger partial charge in [0.15, 0.2) is 5.96 Å². The molecule has 0 aliphatic rings. The second-order valence-electron chi connectivity index (χ2n) is 5.63. The van der Waals surface area contributed by atoms with Crippen molar-refractivity contribution in [2.24, 2.45) is 17.8 Å². The summed E-state index contributed by atoms with van der Waals surface area (Å²) in [6.07, 6.45) is 1.82. The lowest BCUT2D eigenvalue weighted by Crippen LogP contribution is -2.23. The van der Waals surface area contributed by atoms with E-state index < -0.39 is 0 Å². The average molecular weight is 300 g/mol. The quantitative estimate of drug-likeness (QED) is 0.669. The highest BCUT2D eigenvalue weighted by molar-refractivity contribution is 5.92. The van der Waals surface area contributed by atoms with Crippen molar-refractivity contribution in [1.82, 2.24) is 9.55 Å². The number of aliphatic imine (C=N–C) groups is 1. The third kappa shape index (κ3) is 3.58. The lowest BCUT2D eigenvalue weighted by molar-refractivity contribution is 0.801. The number of guanidine groups is 1. The van der Waals surface area contributed by atoms with Gasteiger partial charge in [-0.3, -0.25) is 0 Å². The molecule has 1 heterocycles. The Morgan fingerprint density at radius 3 is 2.64 bits per heavy atom. The van der Waals surface area contributed by atoms with E-state index in [2.05, 4.69) is 41.3 Å². The van der Waals surface area contributed by atoms with E-state index in [0.29, 0.717) is 12.5 Å². The first-order valence-electron chi connectivity index (χ1n) is 7.20. The molecule has 0 unspecified atom stereocenters. The van der Waals surface area contributed by atoms with Crippen LogP contribution in [0.3, 0.4) is 0 Å². The van der Waals surface area contributed by atoms with Crippen LogP contribution >= 0.6 is 0 Å². The molecule has 0 radical (unpaired) electrons. The summed E-state index contributed by atoms with van der Waals surface area (Å²) in [7, 11) is 5.90. The molecule has 2 aromatic rings. The van der Waals surface area contributed by atoms with Crippen LogP contribution in [0.4, 0.5) is 11.6 Å². The molecule has 0 atom stereocenters. The third-order valence-electron chi connectivity index (χ3n) is 3.65. The number of rotatable bonds is 4. The van der Waals surface area contributed by atoms with Crippen LogP contribution in [-0.2, 0) is 13.6 Å². The minimum absolute atomic E-state index is 0.399. The van der Waals surface area contributed by atoms with Crippen molar-refractivity contribution >= 4 is 17.6 Å². The predicted molar refractivity (Wildman–Crippen MR) is 92.4 cm³/mol. The van der Waals surface area contributed by atoms with Crippen molar-refractivity contribution in [1.29, 1.82) is 0 Å². The second kappa shape index (κ2) is 6.51. The zero-order valence-corrected chi connectivity index (χ0v) is 13.9. The van der Waals surface area contributed by atoms with E-state index in [1.54, 1.807) is 0 Å². The van der Waals surface area contributed by atoms with Crippen LogP contribution in [0, 0.1) is 13.8 Å². The molecule has 0 spiro atoms. The number of hydrogen-bond acceptors (Lipinski definition) is 3. The summed E-state index contributed by atoms with van der Waals surface area (Å²) in [5.41, 5.74) is 10.4. The van der Waals surface area contributed by atoms with Gasteiger partial charge in [-0.25, -0.2) is 9.98 Å². The Labute approximate surface area is 131 Å². The summed E-state index contributed by atoms with van der Waals surface area (Å²) in [6.45, 7) is 4.65. The molecule has 0 fully saturated rings. The van der Waals surface area contributed by atoms with E-state index in [1.807, 2.05) is 42.9 Å². The normalized spacial score (nSPS) is 11.6. The van der Waals surface area contributed by atoms with Crippen LogP contribution in [0.2, 0.25) is 0 Å². The molecule has 1 aromatic carbocycles. The van der Waals surface area contributed by atoms with Crippen LogP contribution in [0.25, 0.3) is 0 Å². The standard InChI is InChI=1S/C16H24N6/c1-11-6-7-13(8-12(11)2)20-15(17)18-9-14-10-19-16(21(3)4)22(14)5/h6-8,10H,9H2,1-5H3,(H3,17,18,20). The smallest absolute Gasteiger partial charge is 0.204 e. The summed E-state index contributed by atoms with van der Waals surface area (Å²) < 4.78 is 2.01. The minimum atomic E-state index is 0.399. The van der Waals surface area contributed by atoms with Gasteiger partial charge in [-0.1, -0.05) is 6.07 Å². The molecule has 22 heavy (non-hydrogen) atoms. The lowest BCUT2D eigenvalue weighted by Gasteiger charge is -2.12. The number of aryl methyl sites for hydroxylation is 2. The highest BCUT2D eigenvalue weighted by Crippen LogP contribution is 2.14. The van der Waals surface area contributed by atoms with Crippen molar-refractivity contribution in [3.8, 4) is 0 Å². The number of anilines is 2. The molecule has 0 saturated heterocycles. The average Bonchev–Trinajstić information content (AvgIpc) is 2.82. The predicted octanol–water partition coefficient (Wildman–Crippen LogP) is 2.03. The van der Waals surface area contributed by atoms with Crippen molar-refractivity contribution in [3.63, 3.8) is 0 Å². The van der Waals surface area contributed by atoms with Gasteiger partial charge in [-0.2, -0.15) is 0 Å². The van der Waals surface area contributed by atoms with Crippen molar-refractivity contribution in [2.45, 2.75) is 20.4 Å². The largest absolute Gasteiger partial charge is 0.370 e. The zero-order chi connectivity index (χ0) is 16.3. The van der Waals surface area contributed by atoms with E-state index in [9.17, 15) is 0 Å². The minimum Gasteiger partial charge on any atom is -0.370 e. The first kappa shape index (κ1) is 15.9. The Kier molecular flexibility index (Phi) is 4.70. The van der Waals surface area contributed by atoms with Crippen LogP contribution < -0.4 is 16.0 Å². The Bertz CT molecular complexity index is 684.